The number of carbonyl (C=O) groups excluding carboxylic acids is 1. The van der Waals surface area contributed by atoms with Crippen LogP contribution in [0.2, 0.25) is 0 Å². The molecule has 0 spiro atoms. The van der Waals surface area contributed by atoms with Crippen LogP contribution in [0.4, 0.5) is 0 Å². The van der Waals surface area contributed by atoms with E-state index in [0.29, 0.717) is 11.1 Å². The van der Waals surface area contributed by atoms with E-state index in [1.165, 1.54) is 0 Å². The van der Waals surface area contributed by atoms with Crippen molar-refractivity contribution in [3.63, 3.8) is 0 Å². The van der Waals surface area contributed by atoms with Gasteiger partial charge in [0.15, 0.2) is 5.58 Å². The molecule has 1 aromatic carbocycles. The highest BCUT2D eigenvalue weighted by atomic mass is 32.2. The monoisotopic (exact) mass is 296 g/mol. The average molecular weight is 296 g/mol. The number of esters is 1. The van der Waals surface area contributed by atoms with E-state index in [1.807, 2.05) is 0 Å². The van der Waals surface area contributed by atoms with Gasteiger partial charge in [0, 0.05) is 0 Å². The van der Waals surface area contributed by atoms with E-state index in [4.69, 9.17) is 9.15 Å². The lowest BCUT2D eigenvalue weighted by atomic mass is 10.3. The maximum Gasteiger partial charge on any atom is 0.363 e. The van der Waals surface area contributed by atoms with Gasteiger partial charge in [0.1, 0.15) is 5.52 Å². The molecule has 20 heavy (non-hydrogen) atoms. The van der Waals surface area contributed by atoms with Crippen LogP contribution in [-0.4, -0.2) is 37.9 Å². The van der Waals surface area contributed by atoms with Gasteiger partial charge >= 0.3 is 5.97 Å². The zero-order chi connectivity index (χ0) is 14.8. The minimum Gasteiger partial charge on any atom is -0.461 e. The van der Waals surface area contributed by atoms with Gasteiger partial charge in [0.05, 0.1) is 12.9 Å². The standard InChI is InChI=1S/C12H12N2O5S/c1-3-18-12(15)10(14-20(2,16)17)11-13-8-6-4-5-7-9(8)19-11/h4-7H,3H2,1-2H3. The first-order valence-electron chi connectivity index (χ1n) is 5.73. The van der Waals surface area contributed by atoms with Crippen molar-refractivity contribution in [3.05, 3.63) is 30.2 Å². The van der Waals surface area contributed by atoms with Crippen molar-refractivity contribution in [1.82, 2.24) is 4.98 Å². The maximum atomic E-state index is 11.8. The van der Waals surface area contributed by atoms with Crippen LogP contribution >= 0.6 is 0 Å². The molecule has 0 bridgehead atoms. The number of ether oxygens (including phenoxy) is 1. The summed E-state index contributed by atoms with van der Waals surface area (Å²) in [6.45, 7) is 1.68. The summed E-state index contributed by atoms with van der Waals surface area (Å²) in [6.07, 6.45) is 0.870. The molecule has 0 fully saturated rings. The fraction of sp³-hybridized carbons (Fsp3) is 0.250. The van der Waals surface area contributed by atoms with Gasteiger partial charge in [-0.3, -0.25) is 0 Å². The number of sulfonamides is 1. The molecule has 2 aromatic rings. The number of oxazole rings is 1. The zero-order valence-corrected chi connectivity index (χ0v) is 11.7. The first kappa shape index (κ1) is 14.2. The summed E-state index contributed by atoms with van der Waals surface area (Å²) in [4.78, 5) is 15.8. The average Bonchev–Trinajstić information content (AvgIpc) is 2.78. The molecule has 0 aliphatic carbocycles. The molecule has 0 aliphatic heterocycles. The Labute approximate surface area is 115 Å². The lowest BCUT2D eigenvalue weighted by molar-refractivity contribution is -0.135. The summed E-state index contributed by atoms with van der Waals surface area (Å²) in [6, 6.07) is 6.79. The molecule has 0 saturated carbocycles. The second-order valence-electron chi connectivity index (χ2n) is 3.88. The van der Waals surface area contributed by atoms with Gasteiger partial charge in [-0.15, -0.1) is 0 Å². The zero-order valence-electron chi connectivity index (χ0n) is 10.9. The molecule has 0 unspecified atom stereocenters. The third-order valence-electron chi connectivity index (χ3n) is 2.22. The molecule has 2 rings (SSSR count). The Morgan fingerprint density at radius 2 is 2.10 bits per heavy atom. The second kappa shape index (κ2) is 5.41. The minimum absolute atomic E-state index is 0.0852. The Morgan fingerprint density at radius 1 is 1.40 bits per heavy atom. The van der Waals surface area contributed by atoms with E-state index < -0.39 is 21.7 Å². The van der Waals surface area contributed by atoms with Crippen LogP contribution in [0.1, 0.15) is 12.8 Å². The van der Waals surface area contributed by atoms with Gasteiger partial charge in [-0.05, 0) is 19.1 Å². The van der Waals surface area contributed by atoms with Crippen LogP contribution in [0.3, 0.4) is 0 Å². The number of fused-ring (bicyclic) bond motifs is 1. The predicted molar refractivity (Wildman–Crippen MR) is 72.0 cm³/mol. The van der Waals surface area contributed by atoms with Crippen LogP contribution in [-0.2, 0) is 19.6 Å². The molecule has 0 saturated heterocycles. The van der Waals surface area contributed by atoms with E-state index in [0.717, 1.165) is 6.26 Å². The van der Waals surface area contributed by atoms with Gasteiger partial charge in [0.25, 0.3) is 15.9 Å². The molecule has 0 amide bonds. The molecule has 0 aliphatic rings. The molecule has 0 radical (unpaired) electrons. The van der Waals surface area contributed by atoms with Crippen LogP contribution in [0.25, 0.3) is 11.1 Å². The van der Waals surface area contributed by atoms with Crippen LogP contribution in [0.15, 0.2) is 33.1 Å². The SMILES string of the molecule is CCOC(=O)C(=NS(C)(=O)=O)c1nc2ccccc2o1. The number of carbonyl (C=O) groups is 1. The highest BCUT2D eigenvalue weighted by Crippen LogP contribution is 2.16. The summed E-state index contributed by atoms with van der Waals surface area (Å²) < 4.78 is 36.0. The predicted octanol–water partition coefficient (Wildman–Crippen LogP) is 1.14. The summed E-state index contributed by atoms with van der Waals surface area (Å²) in [5, 5.41) is 0. The summed E-state index contributed by atoms with van der Waals surface area (Å²) in [7, 11) is -3.79. The summed E-state index contributed by atoms with van der Waals surface area (Å²) >= 11 is 0. The molecule has 8 heteroatoms. The van der Waals surface area contributed by atoms with Crippen LogP contribution in [0.5, 0.6) is 0 Å². The number of para-hydroxylation sites is 2. The molecule has 1 heterocycles. The third kappa shape index (κ3) is 3.21. The van der Waals surface area contributed by atoms with Gasteiger partial charge in [-0.2, -0.15) is 4.40 Å². The van der Waals surface area contributed by atoms with Gasteiger partial charge in [-0.25, -0.2) is 18.2 Å². The fourth-order valence-electron chi connectivity index (χ4n) is 1.50. The third-order valence-corrected chi connectivity index (χ3v) is 2.74. The Bertz CT molecular complexity index is 743. The molecule has 0 atom stereocenters. The van der Waals surface area contributed by atoms with Gasteiger partial charge < -0.3 is 9.15 Å². The lowest BCUT2D eigenvalue weighted by Crippen LogP contribution is -2.20. The normalized spacial score (nSPS) is 12.6. The number of rotatable bonds is 4. The second-order valence-corrected chi connectivity index (χ2v) is 5.53. The van der Waals surface area contributed by atoms with E-state index in [2.05, 4.69) is 9.38 Å². The van der Waals surface area contributed by atoms with Gasteiger partial charge in [-0.1, -0.05) is 12.1 Å². The maximum absolute atomic E-state index is 11.8. The first-order chi connectivity index (χ1) is 9.40. The molecular formula is C12H12N2O5S. The molecular weight excluding hydrogens is 284 g/mol. The number of benzene rings is 1. The number of nitrogens with zero attached hydrogens (tertiary/aromatic N) is 2. The fourth-order valence-corrected chi connectivity index (χ4v) is 1.99. The van der Waals surface area contributed by atoms with Gasteiger partial charge in [0.2, 0.25) is 5.71 Å². The molecule has 7 nitrogen and oxygen atoms in total. The Hall–Kier alpha value is -2.22. The highest BCUT2D eigenvalue weighted by molar-refractivity contribution is 7.89. The van der Waals surface area contributed by atoms with Crippen molar-refractivity contribution in [2.75, 3.05) is 12.9 Å². The topological polar surface area (TPSA) is 98.8 Å². The van der Waals surface area contributed by atoms with Crippen molar-refractivity contribution in [2.45, 2.75) is 6.92 Å². The number of aromatic nitrogens is 1. The largest absolute Gasteiger partial charge is 0.461 e. The van der Waals surface area contributed by atoms with E-state index >= 15 is 0 Å². The molecule has 1 aromatic heterocycles. The highest BCUT2D eigenvalue weighted by Gasteiger charge is 2.23. The van der Waals surface area contributed by atoms with Crippen molar-refractivity contribution in [2.24, 2.45) is 4.40 Å². The molecule has 0 N–H and O–H groups in total. The minimum atomic E-state index is -3.79. The molecule has 106 valence electrons. The van der Waals surface area contributed by atoms with E-state index in [1.54, 1.807) is 31.2 Å². The van der Waals surface area contributed by atoms with E-state index in [-0.39, 0.29) is 12.5 Å². The first-order valence-corrected chi connectivity index (χ1v) is 7.58. The van der Waals surface area contributed by atoms with Crippen molar-refractivity contribution in [3.8, 4) is 0 Å². The summed E-state index contributed by atoms with van der Waals surface area (Å²) in [5.74, 6) is -1.08. The van der Waals surface area contributed by atoms with E-state index in [9.17, 15) is 13.2 Å². The Kier molecular flexibility index (Phi) is 3.84. The smallest absolute Gasteiger partial charge is 0.363 e. The Balaban J connectivity index is 2.56. The number of hydrogen-bond acceptors (Lipinski definition) is 6. The Morgan fingerprint density at radius 3 is 2.70 bits per heavy atom. The quantitative estimate of drug-likeness (QED) is 0.619. The summed E-state index contributed by atoms with van der Waals surface area (Å²) in [5.41, 5.74) is 0.451. The van der Waals surface area contributed by atoms with Crippen molar-refractivity contribution < 1.29 is 22.4 Å². The van der Waals surface area contributed by atoms with Crippen molar-refractivity contribution in [1.29, 1.82) is 0 Å². The van der Waals surface area contributed by atoms with Crippen LogP contribution < -0.4 is 0 Å². The lowest BCUT2D eigenvalue weighted by Gasteiger charge is -2.01. The number of hydrogen-bond donors (Lipinski definition) is 0. The van der Waals surface area contributed by atoms with Crippen molar-refractivity contribution >= 4 is 32.8 Å². The van der Waals surface area contributed by atoms with Crippen LogP contribution in [0, 0.1) is 0 Å².